The highest BCUT2D eigenvalue weighted by atomic mass is 16.5. The molecule has 1 aliphatic heterocycles. The third kappa shape index (κ3) is 4.55. The van der Waals surface area contributed by atoms with Crippen molar-refractivity contribution in [3.8, 4) is 0 Å². The molecule has 0 fully saturated rings. The maximum absolute atomic E-state index is 12.4. The van der Waals surface area contributed by atoms with Crippen LogP contribution in [0, 0.1) is 13.8 Å². The van der Waals surface area contributed by atoms with Gasteiger partial charge >= 0.3 is 5.97 Å². The molecule has 2 aromatic rings. The molecule has 0 saturated heterocycles. The molecule has 31 heavy (non-hydrogen) atoms. The standard InChI is InChI=1S/C24H24N2O5/c1-5-10-26-22(28)19-9-8-18(12-20(19)23(26)29)24(30)31-13-21(27)25-16(4)17-7-6-14(2)15(3)11-17/h5-9,11-12,16H,1,10,13H2,2-4H3,(H,25,27)/t16-/m0/s1. The molecule has 7 nitrogen and oxygen atoms in total. The first kappa shape index (κ1) is 22.0. The van der Waals surface area contributed by atoms with Gasteiger partial charge in [0.05, 0.1) is 22.7 Å². The van der Waals surface area contributed by atoms with Gasteiger partial charge in [0.1, 0.15) is 0 Å². The van der Waals surface area contributed by atoms with E-state index in [-0.39, 0.29) is 29.3 Å². The summed E-state index contributed by atoms with van der Waals surface area (Å²) in [7, 11) is 0. The number of benzene rings is 2. The van der Waals surface area contributed by atoms with Crippen molar-refractivity contribution in [2.24, 2.45) is 0 Å². The predicted octanol–water partition coefficient (Wildman–Crippen LogP) is 3.12. The zero-order chi connectivity index (χ0) is 22.7. The van der Waals surface area contributed by atoms with Gasteiger partial charge < -0.3 is 10.1 Å². The fraction of sp³-hybridized carbons (Fsp3) is 0.250. The van der Waals surface area contributed by atoms with Gasteiger partial charge in [0.15, 0.2) is 6.61 Å². The highest BCUT2D eigenvalue weighted by molar-refractivity contribution is 6.22. The number of hydrogen-bond donors (Lipinski definition) is 1. The minimum absolute atomic E-state index is 0.0883. The SMILES string of the molecule is C=CCN1C(=O)c2ccc(C(=O)OCC(=O)N[C@@H](C)c3ccc(C)c(C)c3)cc2C1=O. The number of hydrogen-bond acceptors (Lipinski definition) is 5. The van der Waals surface area contributed by atoms with Gasteiger partial charge in [-0.2, -0.15) is 0 Å². The van der Waals surface area contributed by atoms with Crippen molar-refractivity contribution in [3.05, 3.63) is 82.4 Å². The third-order valence-electron chi connectivity index (χ3n) is 5.26. The third-order valence-corrected chi connectivity index (χ3v) is 5.26. The predicted molar refractivity (Wildman–Crippen MR) is 115 cm³/mol. The highest BCUT2D eigenvalue weighted by Gasteiger charge is 2.35. The lowest BCUT2D eigenvalue weighted by atomic mass is 10.0. The molecule has 1 aliphatic rings. The van der Waals surface area contributed by atoms with Gasteiger partial charge in [0.2, 0.25) is 0 Å². The molecule has 1 heterocycles. The lowest BCUT2D eigenvalue weighted by Crippen LogP contribution is -2.31. The molecule has 3 rings (SSSR count). The summed E-state index contributed by atoms with van der Waals surface area (Å²) in [6.07, 6.45) is 1.45. The number of aryl methyl sites for hydroxylation is 2. The largest absolute Gasteiger partial charge is 0.452 e. The smallest absolute Gasteiger partial charge is 0.338 e. The van der Waals surface area contributed by atoms with Crippen molar-refractivity contribution < 1.29 is 23.9 Å². The average Bonchev–Trinajstić information content (AvgIpc) is 2.98. The van der Waals surface area contributed by atoms with E-state index in [2.05, 4.69) is 11.9 Å². The number of rotatable bonds is 7. The molecule has 1 atom stereocenters. The molecular formula is C24H24N2O5. The summed E-state index contributed by atoms with van der Waals surface area (Å²) in [5, 5.41) is 2.79. The number of imide groups is 1. The van der Waals surface area contributed by atoms with Crippen molar-refractivity contribution in [2.75, 3.05) is 13.2 Å². The molecule has 2 aromatic carbocycles. The Morgan fingerprint density at radius 3 is 2.45 bits per heavy atom. The van der Waals surface area contributed by atoms with E-state index in [1.807, 2.05) is 39.0 Å². The van der Waals surface area contributed by atoms with Gasteiger partial charge in [-0.1, -0.05) is 24.3 Å². The number of esters is 1. The normalized spacial score (nSPS) is 13.6. The lowest BCUT2D eigenvalue weighted by Gasteiger charge is -2.16. The van der Waals surface area contributed by atoms with E-state index < -0.39 is 30.3 Å². The summed E-state index contributed by atoms with van der Waals surface area (Å²) in [4.78, 5) is 50.2. The van der Waals surface area contributed by atoms with Crippen LogP contribution in [-0.4, -0.2) is 41.7 Å². The Morgan fingerprint density at radius 1 is 1.06 bits per heavy atom. The van der Waals surface area contributed by atoms with Crippen LogP contribution in [0.15, 0.2) is 49.1 Å². The van der Waals surface area contributed by atoms with Crippen LogP contribution >= 0.6 is 0 Å². The first-order valence-electron chi connectivity index (χ1n) is 9.87. The summed E-state index contributed by atoms with van der Waals surface area (Å²) < 4.78 is 5.09. The van der Waals surface area contributed by atoms with Gasteiger partial charge in [0, 0.05) is 6.54 Å². The number of amides is 3. The van der Waals surface area contributed by atoms with E-state index in [4.69, 9.17) is 4.74 Å². The summed E-state index contributed by atoms with van der Waals surface area (Å²) in [6, 6.07) is 9.82. The number of ether oxygens (including phenoxy) is 1. The highest BCUT2D eigenvalue weighted by Crippen LogP contribution is 2.24. The zero-order valence-corrected chi connectivity index (χ0v) is 17.7. The maximum Gasteiger partial charge on any atom is 0.338 e. The van der Waals surface area contributed by atoms with E-state index in [0.717, 1.165) is 16.0 Å². The van der Waals surface area contributed by atoms with E-state index >= 15 is 0 Å². The summed E-state index contributed by atoms with van der Waals surface area (Å²) in [6.45, 7) is 9.03. The van der Waals surface area contributed by atoms with E-state index in [9.17, 15) is 19.2 Å². The summed E-state index contributed by atoms with van der Waals surface area (Å²) in [5.74, 6) is -2.11. The van der Waals surface area contributed by atoms with E-state index in [0.29, 0.717) is 0 Å². The molecule has 0 bridgehead atoms. The molecule has 7 heteroatoms. The Balaban J connectivity index is 1.60. The zero-order valence-electron chi connectivity index (χ0n) is 17.7. The minimum atomic E-state index is -0.751. The van der Waals surface area contributed by atoms with Crippen LogP contribution in [0.25, 0.3) is 0 Å². The van der Waals surface area contributed by atoms with Crippen molar-refractivity contribution >= 4 is 23.7 Å². The number of carbonyl (C=O) groups excluding carboxylic acids is 4. The van der Waals surface area contributed by atoms with Crippen LogP contribution in [-0.2, 0) is 9.53 Å². The minimum Gasteiger partial charge on any atom is -0.452 e. The van der Waals surface area contributed by atoms with Gasteiger partial charge in [0.25, 0.3) is 17.7 Å². The second-order valence-corrected chi connectivity index (χ2v) is 7.48. The fourth-order valence-corrected chi connectivity index (χ4v) is 3.33. The van der Waals surface area contributed by atoms with E-state index in [1.165, 1.54) is 29.8 Å². The molecule has 3 amide bonds. The number of fused-ring (bicyclic) bond motifs is 1. The van der Waals surface area contributed by atoms with Gasteiger partial charge in [-0.05, 0) is 55.7 Å². The summed E-state index contributed by atoms with van der Waals surface area (Å²) >= 11 is 0. The Morgan fingerprint density at radius 2 is 1.77 bits per heavy atom. The average molecular weight is 420 g/mol. The number of nitrogens with one attached hydrogen (secondary N) is 1. The van der Waals surface area contributed by atoms with Crippen LogP contribution in [0.3, 0.4) is 0 Å². The van der Waals surface area contributed by atoms with Crippen molar-refractivity contribution in [1.29, 1.82) is 0 Å². The fourth-order valence-electron chi connectivity index (χ4n) is 3.33. The molecule has 0 spiro atoms. The quantitative estimate of drug-likeness (QED) is 0.422. The first-order chi connectivity index (χ1) is 14.7. The second-order valence-electron chi connectivity index (χ2n) is 7.48. The molecule has 0 aliphatic carbocycles. The Bertz CT molecular complexity index is 1090. The van der Waals surface area contributed by atoms with E-state index in [1.54, 1.807) is 0 Å². The van der Waals surface area contributed by atoms with Gasteiger partial charge in [-0.15, -0.1) is 6.58 Å². The number of carbonyl (C=O) groups is 4. The molecule has 0 radical (unpaired) electrons. The Hall–Kier alpha value is -3.74. The second kappa shape index (κ2) is 8.95. The Kier molecular flexibility index (Phi) is 6.34. The summed E-state index contributed by atoms with van der Waals surface area (Å²) in [5.41, 5.74) is 3.70. The van der Waals surface area contributed by atoms with Crippen molar-refractivity contribution in [1.82, 2.24) is 10.2 Å². The lowest BCUT2D eigenvalue weighted by molar-refractivity contribution is -0.124. The van der Waals surface area contributed by atoms with Gasteiger partial charge in [-0.25, -0.2) is 4.79 Å². The molecular weight excluding hydrogens is 396 g/mol. The van der Waals surface area contributed by atoms with Crippen LogP contribution in [0.2, 0.25) is 0 Å². The monoisotopic (exact) mass is 420 g/mol. The molecule has 1 N–H and O–H groups in total. The van der Waals surface area contributed by atoms with Crippen LogP contribution in [0.4, 0.5) is 0 Å². The van der Waals surface area contributed by atoms with Crippen LogP contribution in [0.1, 0.15) is 60.7 Å². The number of nitrogens with zero attached hydrogens (tertiary/aromatic N) is 1. The maximum atomic E-state index is 12.4. The van der Waals surface area contributed by atoms with Crippen LogP contribution < -0.4 is 5.32 Å². The molecule has 0 aromatic heterocycles. The van der Waals surface area contributed by atoms with Crippen molar-refractivity contribution in [2.45, 2.75) is 26.8 Å². The van der Waals surface area contributed by atoms with Gasteiger partial charge in [-0.3, -0.25) is 19.3 Å². The molecule has 160 valence electrons. The molecule has 0 saturated carbocycles. The topological polar surface area (TPSA) is 92.8 Å². The Labute approximate surface area is 180 Å². The van der Waals surface area contributed by atoms with Crippen molar-refractivity contribution in [3.63, 3.8) is 0 Å². The first-order valence-corrected chi connectivity index (χ1v) is 9.87. The van der Waals surface area contributed by atoms with Crippen LogP contribution in [0.5, 0.6) is 0 Å². The molecule has 0 unspecified atom stereocenters.